The summed E-state index contributed by atoms with van der Waals surface area (Å²) in [6.07, 6.45) is 3.06. The Bertz CT molecular complexity index is 662. The number of aliphatic hydroxyl groups excluding tert-OH is 1. The number of benzene rings is 1. The Morgan fingerprint density at radius 3 is 2.67 bits per heavy atom. The zero-order chi connectivity index (χ0) is 17.3. The second-order valence-corrected chi connectivity index (χ2v) is 7.08. The molecule has 5 nitrogen and oxygen atoms in total. The lowest BCUT2D eigenvalue weighted by Crippen LogP contribution is -2.61. The number of carbonyl (C=O) groups excluding carboxylic acids is 2. The predicted octanol–water partition coefficient (Wildman–Crippen LogP) is 2.24. The number of aryl methyl sites for hydroxylation is 1. The minimum atomic E-state index is -0.748. The monoisotopic (exact) mass is 350 g/mol. The lowest BCUT2D eigenvalue weighted by Gasteiger charge is -2.44. The van der Waals surface area contributed by atoms with Gasteiger partial charge < -0.3 is 14.9 Å². The van der Waals surface area contributed by atoms with E-state index in [2.05, 4.69) is 0 Å². The number of aliphatic hydroxyl groups is 1. The molecule has 0 saturated carbocycles. The summed E-state index contributed by atoms with van der Waals surface area (Å²) in [6.45, 7) is 3.41. The fourth-order valence-electron chi connectivity index (χ4n) is 3.94. The Balaban J connectivity index is 1.90. The molecule has 6 heteroatoms. The molecule has 0 aliphatic carbocycles. The van der Waals surface area contributed by atoms with Gasteiger partial charge in [0.15, 0.2) is 0 Å². The topological polar surface area (TPSA) is 60.9 Å². The van der Waals surface area contributed by atoms with Crippen LogP contribution in [0.3, 0.4) is 0 Å². The molecule has 2 aliphatic heterocycles. The Hall–Kier alpha value is -1.59. The zero-order valence-electron chi connectivity index (χ0n) is 13.9. The Morgan fingerprint density at radius 1 is 1.29 bits per heavy atom. The van der Waals surface area contributed by atoms with Crippen LogP contribution in [0.5, 0.6) is 0 Å². The van der Waals surface area contributed by atoms with Crippen molar-refractivity contribution in [1.29, 1.82) is 0 Å². The molecule has 1 N–H and O–H groups in total. The van der Waals surface area contributed by atoms with Crippen molar-refractivity contribution in [2.75, 3.05) is 26.2 Å². The second kappa shape index (κ2) is 6.73. The molecule has 1 aromatic carbocycles. The smallest absolute Gasteiger partial charge is 0.254 e. The maximum Gasteiger partial charge on any atom is 0.254 e. The fourth-order valence-corrected chi connectivity index (χ4v) is 4.12. The van der Waals surface area contributed by atoms with Crippen LogP contribution in [-0.2, 0) is 4.79 Å². The third-order valence-corrected chi connectivity index (χ3v) is 5.63. The molecule has 0 radical (unpaired) electrons. The molecule has 1 atom stereocenters. The van der Waals surface area contributed by atoms with Crippen molar-refractivity contribution < 1.29 is 14.7 Å². The number of amides is 2. The summed E-state index contributed by atoms with van der Waals surface area (Å²) in [6, 6.07) is 5.29. The molecule has 1 spiro atoms. The minimum absolute atomic E-state index is 0.0214. The highest BCUT2D eigenvalue weighted by Crippen LogP contribution is 2.39. The van der Waals surface area contributed by atoms with Crippen LogP contribution in [0.25, 0.3) is 0 Å². The lowest BCUT2D eigenvalue weighted by atomic mass is 9.85. The van der Waals surface area contributed by atoms with Gasteiger partial charge in [-0.1, -0.05) is 17.7 Å². The second-order valence-electron chi connectivity index (χ2n) is 6.68. The average molecular weight is 351 g/mol. The van der Waals surface area contributed by atoms with Crippen LogP contribution in [0.15, 0.2) is 18.2 Å². The highest BCUT2D eigenvalue weighted by Gasteiger charge is 2.52. The molecule has 2 amide bonds. The van der Waals surface area contributed by atoms with Gasteiger partial charge in [0.1, 0.15) is 5.54 Å². The highest BCUT2D eigenvalue weighted by atomic mass is 35.5. The first-order chi connectivity index (χ1) is 11.5. The minimum Gasteiger partial charge on any atom is -0.395 e. The number of likely N-dealkylation sites (tertiary alicyclic amines) is 2. The van der Waals surface area contributed by atoms with Crippen LogP contribution in [0.2, 0.25) is 5.02 Å². The Labute approximate surface area is 147 Å². The number of hydrogen-bond acceptors (Lipinski definition) is 3. The van der Waals surface area contributed by atoms with Crippen molar-refractivity contribution in [3.63, 3.8) is 0 Å². The molecule has 3 rings (SSSR count). The van der Waals surface area contributed by atoms with Crippen LogP contribution in [0, 0.1) is 6.92 Å². The SMILES string of the molecule is Cc1ccc(C(=O)N2CCCC23CCCN(CCO)C3=O)cc1Cl. The van der Waals surface area contributed by atoms with Gasteiger partial charge >= 0.3 is 0 Å². The van der Waals surface area contributed by atoms with Gasteiger partial charge in [-0.25, -0.2) is 0 Å². The number of rotatable bonds is 3. The number of hydrogen-bond donors (Lipinski definition) is 1. The van der Waals surface area contributed by atoms with Gasteiger partial charge in [-0.3, -0.25) is 9.59 Å². The van der Waals surface area contributed by atoms with Crippen molar-refractivity contribution in [1.82, 2.24) is 9.80 Å². The van der Waals surface area contributed by atoms with Gasteiger partial charge in [0.25, 0.3) is 5.91 Å². The van der Waals surface area contributed by atoms with Crippen LogP contribution in [0.4, 0.5) is 0 Å². The molecule has 0 bridgehead atoms. The molecule has 2 aliphatic rings. The number of β-amino-alcohol motifs (C(OH)–C–C–N with tert-alkyl or cyclic N) is 1. The van der Waals surface area contributed by atoms with Gasteiger partial charge in [-0.05, 0) is 50.3 Å². The molecule has 130 valence electrons. The van der Waals surface area contributed by atoms with Crippen molar-refractivity contribution in [3.8, 4) is 0 Å². The van der Waals surface area contributed by atoms with Gasteiger partial charge in [0, 0.05) is 30.2 Å². The summed E-state index contributed by atoms with van der Waals surface area (Å²) in [7, 11) is 0. The quantitative estimate of drug-likeness (QED) is 0.909. The summed E-state index contributed by atoms with van der Waals surface area (Å²) < 4.78 is 0. The van der Waals surface area contributed by atoms with Gasteiger partial charge in [0.2, 0.25) is 5.91 Å². The van der Waals surface area contributed by atoms with Crippen LogP contribution in [0.1, 0.15) is 41.6 Å². The number of halogens is 1. The van der Waals surface area contributed by atoms with E-state index in [4.69, 9.17) is 11.6 Å². The van der Waals surface area contributed by atoms with Gasteiger partial charge in [-0.15, -0.1) is 0 Å². The third kappa shape index (κ3) is 2.80. The van der Waals surface area contributed by atoms with Gasteiger partial charge in [-0.2, -0.15) is 0 Å². The van der Waals surface area contributed by atoms with E-state index in [1.165, 1.54) is 0 Å². The molecule has 0 aromatic heterocycles. The maximum absolute atomic E-state index is 13.0. The molecule has 1 aromatic rings. The Morgan fingerprint density at radius 2 is 2.00 bits per heavy atom. The largest absolute Gasteiger partial charge is 0.395 e. The molecule has 2 saturated heterocycles. The molecular weight excluding hydrogens is 328 g/mol. The van der Waals surface area contributed by atoms with E-state index >= 15 is 0 Å². The predicted molar refractivity (Wildman–Crippen MR) is 92.1 cm³/mol. The van der Waals surface area contributed by atoms with Crippen LogP contribution >= 0.6 is 11.6 Å². The number of nitrogens with zero attached hydrogens (tertiary/aromatic N) is 2. The summed E-state index contributed by atoms with van der Waals surface area (Å²) in [5.74, 6) is -0.152. The standard InChI is InChI=1S/C18H23ClN2O3/c1-13-4-5-14(12-15(13)19)16(23)21-9-3-7-18(21)6-2-8-20(10-11-22)17(18)24/h4-5,12,22H,2-3,6-11H2,1H3. The maximum atomic E-state index is 13.0. The van der Waals surface area contributed by atoms with E-state index < -0.39 is 5.54 Å². The van der Waals surface area contributed by atoms with E-state index in [9.17, 15) is 14.7 Å². The number of piperidine rings is 1. The molecular formula is C18H23ClN2O3. The highest BCUT2D eigenvalue weighted by molar-refractivity contribution is 6.31. The Kier molecular flexibility index (Phi) is 4.83. The molecule has 2 fully saturated rings. The van der Waals surface area contributed by atoms with Crippen molar-refractivity contribution in [2.45, 2.75) is 38.1 Å². The van der Waals surface area contributed by atoms with Gasteiger partial charge in [0.05, 0.1) is 6.61 Å². The van der Waals surface area contributed by atoms with Crippen LogP contribution < -0.4 is 0 Å². The van der Waals surface area contributed by atoms with Crippen LogP contribution in [-0.4, -0.2) is 58.5 Å². The molecule has 1 unspecified atom stereocenters. The summed E-state index contributed by atoms with van der Waals surface area (Å²) in [5, 5.41) is 9.75. The summed E-state index contributed by atoms with van der Waals surface area (Å²) in [5.41, 5.74) is 0.702. The first kappa shape index (κ1) is 17.2. The molecule has 24 heavy (non-hydrogen) atoms. The van der Waals surface area contributed by atoms with Crippen molar-refractivity contribution in [2.24, 2.45) is 0 Å². The third-order valence-electron chi connectivity index (χ3n) is 5.23. The lowest BCUT2D eigenvalue weighted by molar-refractivity contribution is -0.146. The molecule has 2 heterocycles. The first-order valence-electron chi connectivity index (χ1n) is 8.48. The number of carbonyl (C=O) groups is 2. The fraction of sp³-hybridized carbons (Fsp3) is 0.556. The van der Waals surface area contributed by atoms with E-state index in [1.54, 1.807) is 21.9 Å². The van der Waals surface area contributed by atoms with E-state index in [0.29, 0.717) is 43.1 Å². The summed E-state index contributed by atoms with van der Waals surface area (Å²) >= 11 is 6.16. The first-order valence-corrected chi connectivity index (χ1v) is 8.86. The van der Waals surface area contributed by atoms with E-state index in [0.717, 1.165) is 18.4 Å². The normalized spacial score (nSPS) is 24.0. The average Bonchev–Trinajstić information content (AvgIpc) is 2.98. The van der Waals surface area contributed by atoms with E-state index in [1.807, 2.05) is 13.0 Å². The van der Waals surface area contributed by atoms with Crippen molar-refractivity contribution >= 4 is 23.4 Å². The van der Waals surface area contributed by atoms with E-state index in [-0.39, 0.29) is 18.4 Å². The van der Waals surface area contributed by atoms with Crippen molar-refractivity contribution in [3.05, 3.63) is 34.3 Å². The summed E-state index contributed by atoms with van der Waals surface area (Å²) in [4.78, 5) is 29.5. The zero-order valence-corrected chi connectivity index (χ0v) is 14.7.